The third-order valence-electron chi connectivity index (χ3n) is 5.07. The van der Waals surface area contributed by atoms with Gasteiger partial charge in [0.05, 0.1) is 18.8 Å². The monoisotopic (exact) mass is 425 g/mol. The average Bonchev–Trinajstić information content (AvgIpc) is 2.82. The van der Waals surface area contributed by atoms with Crippen molar-refractivity contribution in [3.63, 3.8) is 0 Å². The second-order valence-electron chi connectivity index (χ2n) is 7.37. The fourth-order valence-electron chi connectivity index (χ4n) is 3.45. The molecule has 2 aromatic carbocycles. The molecule has 1 heterocycles. The van der Waals surface area contributed by atoms with Gasteiger partial charge in [-0.05, 0) is 62.6 Å². The number of ether oxygens (including phenoxy) is 2. The first-order valence-electron chi connectivity index (χ1n) is 10.9. The zero-order chi connectivity index (χ0) is 21.9. The Labute approximate surface area is 183 Å². The lowest BCUT2D eigenvalue weighted by Crippen LogP contribution is -2.35. The number of benzene rings is 2. The number of hydrogen-bond donors (Lipinski definition) is 2. The molecule has 7 nitrogen and oxygen atoms in total. The molecule has 0 aromatic heterocycles. The minimum atomic E-state index is -0.181. The van der Waals surface area contributed by atoms with Crippen molar-refractivity contribution in [3.05, 3.63) is 54.1 Å². The third-order valence-corrected chi connectivity index (χ3v) is 5.07. The second kappa shape index (κ2) is 12.0. The zero-order valence-corrected chi connectivity index (χ0v) is 18.1. The molecule has 166 valence electrons. The number of nitrogens with one attached hydrogen (secondary N) is 2. The molecule has 0 unspecified atom stereocenters. The Balaban J connectivity index is 1.48. The van der Waals surface area contributed by atoms with Crippen LogP contribution in [0.25, 0.3) is 0 Å². The molecule has 0 saturated carbocycles. The van der Waals surface area contributed by atoms with Gasteiger partial charge in [0.1, 0.15) is 12.4 Å². The fraction of sp³-hybridized carbons (Fsp3) is 0.417. The summed E-state index contributed by atoms with van der Waals surface area (Å²) in [6.45, 7) is 5.29. The molecule has 3 rings (SSSR count). The third kappa shape index (κ3) is 7.00. The number of piperidine rings is 1. The molecule has 31 heavy (non-hydrogen) atoms. The Kier molecular flexibility index (Phi) is 8.72. The summed E-state index contributed by atoms with van der Waals surface area (Å²) in [5, 5.41) is 5.96. The topological polar surface area (TPSA) is 79.9 Å². The van der Waals surface area contributed by atoms with E-state index in [0.717, 1.165) is 31.6 Å². The summed E-state index contributed by atoms with van der Waals surface area (Å²) in [5.41, 5.74) is 2.05. The summed E-state index contributed by atoms with van der Waals surface area (Å²) in [6, 6.07) is 14.5. The van der Waals surface area contributed by atoms with Crippen LogP contribution in [-0.2, 0) is 9.53 Å². The van der Waals surface area contributed by atoms with Gasteiger partial charge in [0.25, 0.3) is 5.91 Å². The van der Waals surface area contributed by atoms with E-state index < -0.39 is 0 Å². The smallest absolute Gasteiger partial charge is 0.253 e. The molecule has 0 bridgehead atoms. The average molecular weight is 426 g/mol. The molecule has 2 aromatic rings. The second-order valence-corrected chi connectivity index (χ2v) is 7.37. The van der Waals surface area contributed by atoms with Gasteiger partial charge in [-0.3, -0.25) is 9.59 Å². The number of hydrogen-bond acceptors (Lipinski definition) is 5. The number of carbonyl (C=O) groups excluding carboxylic acids is 2. The number of amides is 2. The largest absolute Gasteiger partial charge is 0.489 e. The Bertz CT molecular complexity index is 848. The Morgan fingerprint density at radius 2 is 1.71 bits per heavy atom. The number of nitrogens with zero attached hydrogens (tertiary/aromatic N) is 1. The van der Waals surface area contributed by atoms with E-state index in [1.54, 1.807) is 24.3 Å². The molecule has 2 amide bonds. The van der Waals surface area contributed by atoms with Crippen molar-refractivity contribution in [2.45, 2.75) is 26.2 Å². The molecule has 1 fully saturated rings. The van der Waals surface area contributed by atoms with Crippen molar-refractivity contribution < 1.29 is 19.1 Å². The van der Waals surface area contributed by atoms with E-state index in [1.165, 1.54) is 6.42 Å². The van der Waals surface area contributed by atoms with E-state index in [4.69, 9.17) is 9.47 Å². The van der Waals surface area contributed by atoms with Crippen LogP contribution in [0.5, 0.6) is 5.75 Å². The van der Waals surface area contributed by atoms with Crippen LogP contribution < -0.4 is 15.4 Å². The van der Waals surface area contributed by atoms with Crippen molar-refractivity contribution in [2.75, 3.05) is 50.1 Å². The minimum Gasteiger partial charge on any atom is -0.489 e. The number of likely N-dealkylation sites (tertiary alicyclic amines) is 1. The van der Waals surface area contributed by atoms with E-state index in [9.17, 15) is 9.59 Å². The molecule has 1 aliphatic heterocycles. The maximum atomic E-state index is 12.5. The number of para-hydroxylation sites is 2. The predicted molar refractivity (Wildman–Crippen MR) is 122 cm³/mol. The highest BCUT2D eigenvalue weighted by Crippen LogP contribution is 2.23. The minimum absolute atomic E-state index is 0.0557. The highest BCUT2D eigenvalue weighted by Gasteiger charge is 2.18. The van der Waals surface area contributed by atoms with Gasteiger partial charge in [-0.1, -0.05) is 12.1 Å². The van der Waals surface area contributed by atoms with Gasteiger partial charge in [-0.15, -0.1) is 0 Å². The van der Waals surface area contributed by atoms with Crippen molar-refractivity contribution >= 4 is 23.2 Å². The van der Waals surface area contributed by atoms with Crippen molar-refractivity contribution in [3.8, 4) is 5.75 Å². The lowest BCUT2D eigenvalue weighted by atomic mass is 10.1. The van der Waals surface area contributed by atoms with Crippen LogP contribution in [0.4, 0.5) is 11.4 Å². The summed E-state index contributed by atoms with van der Waals surface area (Å²) in [6.07, 6.45) is 3.31. The predicted octanol–water partition coefficient (Wildman–Crippen LogP) is 3.78. The summed E-state index contributed by atoms with van der Waals surface area (Å²) in [5.74, 6) is 0.551. The number of carbonyl (C=O) groups is 2. The van der Waals surface area contributed by atoms with Gasteiger partial charge < -0.3 is 25.0 Å². The molecular formula is C24H31N3O4. The quantitative estimate of drug-likeness (QED) is 0.567. The van der Waals surface area contributed by atoms with Gasteiger partial charge in [-0.25, -0.2) is 0 Å². The molecule has 2 N–H and O–H groups in total. The molecule has 1 saturated heterocycles. The van der Waals surface area contributed by atoms with Crippen molar-refractivity contribution in [1.29, 1.82) is 0 Å². The van der Waals surface area contributed by atoms with Crippen LogP contribution in [0, 0.1) is 0 Å². The van der Waals surface area contributed by atoms with Gasteiger partial charge in [-0.2, -0.15) is 0 Å². The summed E-state index contributed by atoms with van der Waals surface area (Å²) < 4.78 is 11.0. The molecule has 0 radical (unpaired) electrons. The lowest BCUT2D eigenvalue weighted by molar-refractivity contribution is -0.114. The summed E-state index contributed by atoms with van der Waals surface area (Å²) in [4.78, 5) is 26.8. The Morgan fingerprint density at radius 3 is 2.45 bits per heavy atom. The van der Waals surface area contributed by atoms with E-state index >= 15 is 0 Å². The first kappa shape index (κ1) is 22.6. The number of anilines is 2. The highest BCUT2D eigenvalue weighted by atomic mass is 16.5. The van der Waals surface area contributed by atoms with Crippen LogP contribution in [0.15, 0.2) is 48.5 Å². The van der Waals surface area contributed by atoms with Crippen molar-refractivity contribution in [1.82, 2.24) is 4.90 Å². The molecule has 1 aliphatic rings. The normalized spacial score (nSPS) is 13.5. The lowest BCUT2D eigenvalue weighted by Gasteiger charge is -2.26. The van der Waals surface area contributed by atoms with Gasteiger partial charge in [0.2, 0.25) is 5.91 Å². The first-order chi connectivity index (χ1) is 15.2. The summed E-state index contributed by atoms with van der Waals surface area (Å²) >= 11 is 0. The number of rotatable bonds is 10. The van der Waals surface area contributed by atoms with E-state index in [-0.39, 0.29) is 18.4 Å². The van der Waals surface area contributed by atoms with Crippen molar-refractivity contribution in [2.24, 2.45) is 0 Å². The van der Waals surface area contributed by atoms with Gasteiger partial charge in [0, 0.05) is 30.9 Å². The molecule has 7 heteroatoms. The SMILES string of the molecule is CCOCCOc1ccccc1NCC(=O)Nc1ccc(C(=O)N2CCCCC2)cc1. The van der Waals surface area contributed by atoms with Crippen LogP contribution in [0.1, 0.15) is 36.5 Å². The van der Waals surface area contributed by atoms with Crippen LogP contribution in [-0.4, -0.2) is 56.2 Å². The van der Waals surface area contributed by atoms with Crippen LogP contribution in [0.2, 0.25) is 0 Å². The Hall–Kier alpha value is -3.06. The maximum absolute atomic E-state index is 12.5. The highest BCUT2D eigenvalue weighted by molar-refractivity contribution is 5.96. The summed E-state index contributed by atoms with van der Waals surface area (Å²) in [7, 11) is 0. The molecule has 0 aliphatic carbocycles. The Morgan fingerprint density at radius 1 is 0.968 bits per heavy atom. The van der Waals surface area contributed by atoms with E-state index in [1.807, 2.05) is 36.1 Å². The first-order valence-corrected chi connectivity index (χ1v) is 10.9. The molecule has 0 spiro atoms. The molecule has 0 atom stereocenters. The van der Waals surface area contributed by atoms with Crippen LogP contribution in [0.3, 0.4) is 0 Å². The zero-order valence-electron chi connectivity index (χ0n) is 18.1. The fourth-order valence-corrected chi connectivity index (χ4v) is 3.45. The standard InChI is InChI=1S/C24H31N3O4/c1-2-30-16-17-31-22-9-5-4-8-21(22)25-18-23(28)26-20-12-10-19(11-13-20)24(29)27-14-6-3-7-15-27/h4-5,8-13,25H,2-3,6-7,14-18H2,1H3,(H,26,28). The maximum Gasteiger partial charge on any atom is 0.253 e. The van der Waals surface area contributed by atoms with Gasteiger partial charge >= 0.3 is 0 Å². The van der Waals surface area contributed by atoms with E-state index in [0.29, 0.717) is 36.8 Å². The van der Waals surface area contributed by atoms with Crippen LogP contribution >= 0.6 is 0 Å². The molecular weight excluding hydrogens is 394 g/mol. The van der Waals surface area contributed by atoms with Gasteiger partial charge in [0.15, 0.2) is 0 Å². The van der Waals surface area contributed by atoms with E-state index in [2.05, 4.69) is 10.6 Å².